The normalized spacial score (nSPS) is 23.9. The summed E-state index contributed by atoms with van der Waals surface area (Å²) in [6.45, 7) is 2.56. The molecule has 2 fully saturated rings. The van der Waals surface area contributed by atoms with Crippen LogP contribution in [-0.4, -0.2) is 70.4 Å². The number of hydrogen-bond donors (Lipinski definition) is 6. The number of fused-ring (bicyclic) bond motifs is 1. The van der Waals surface area contributed by atoms with Gasteiger partial charge in [-0.2, -0.15) is 0 Å². The maximum absolute atomic E-state index is 10.9. The summed E-state index contributed by atoms with van der Waals surface area (Å²) in [4.78, 5) is 19.6. The fourth-order valence-electron chi connectivity index (χ4n) is 5.33. The molecule has 4 heterocycles. The van der Waals surface area contributed by atoms with Crippen LogP contribution >= 0.6 is 0 Å². The zero-order valence-corrected chi connectivity index (χ0v) is 21.9. The molecule has 200 valence electrons. The Morgan fingerprint density at radius 2 is 1.08 bits per heavy atom. The molecule has 0 amide bonds. The van der Waals surface area contributed by atoms with E-state index < -0.39 is 12.2 Å². The number of rotatable bonds is 8. The van der Waals surface area contributed by atoms with Gasteiger partial charge >= 0.3 is 0 Å². The topological polar surface area (TPSA) is 140 Å². The van der Waals surface area contributed by atoms with Gasteiger partial charge in [-0.15, -0.1) is 0 Å². The van der Waals surface area contributed by atoms with Crippen LogP contribution in [0.15, 0.2) is 0 Å². The molecule has 0 aromatic carbocycles. The number of nitrogens with zero attached hydrogens (tertiary/aromatic N) is 4. The molecule has 0 saturated carbocycles. The quantitative estimate of drug-likeness (QED) is 0.319. The molecule has 0 aliphatic carbocycles. The van der Waals surface area contributed by atoms with Crippen molar-refractivity contribution in [1.82, 2.24) is 41.2 Å². The fourth-order valence-corrected chi connectivity index (χ4v) is 5.33. The van der Waals surface area contributed by atoms with E-state index in [9.17, 15) is 10.2 Å². The summed E-state index contributed by atoms with van der Waals surface area (Å²) in [6, 6.07) is 0.0253. The average Bonchev–Trinajstić information content (AvgIpc) is 2.83. The second-order valence-electron chi connectivity index (χ2n) is 10.2. The number of aliphatic hydroxyl groups is 2. The molecule has 2 aliphatic rings. The van der Waals surface area contributed by atoms with Crippen molar-refractivity contribution in [3.05, 3.63) is 23.0 Å². The SMILES string of the molecule is CNCC(O)c1nc(C2CCCCCCN2)c2nc(C(O)CNC)nc(C3CCCCCCN3)c2n1. The van der Waals surface area contributed by atoms with Crippen molar-refractivity contribution in [3.63, 3.8) is 0 Å². The van der Waals surface area contributed by atoms with E-state index in [1.807, 2.05) is 14.1 Å². The van der Waals surface area contributed by atoms with E-state index in [1.165, 1.54) is 25.7 Å². The van der Waals surface area contributed by atoms with E-state index in [0.717, 1.165) is 63.0 Å². The Morgan fingerprint density at radius 1 is 0.667 bits per heavy atom. The maximum Gasteiger partial charge on any atom is 0.159 e. The highest BCUT2D eigenvalue weighted by Crippen LogP contribution is 2.32. The third kappa shape index (κ3) is 6.73. The third-order valence-corrected chi connectivity index (χ3v) is 7.30. The predicted molar refractivity (Wildman–Crippen MR) is 141 cm³/mol. The first-order chi connectivity index (χ1) is 17.6. The Bertz CT molecular complexity index is 881. The Hall–Kier alpha value is -1.82. The smallest absolute Gasteiger partial charge is 0.159 e. The van der Waals surface area contributed by atoms with Crippen LogP contribution in [-0.2, 0) is 0 Å². The number of aromatic nitrogens is 4. The minimum atomic E-state index is -0.834. The molecule has 36 heavy (non-hydrogen) atoms. The average molecular weight is 501 g/mol. The molecule has 10 nitrogen and oxygen atoms in total. The summed E-state index contributed by atoms with van der Waals surface area (Å²) in [5, 5.41) is 35.2. The van der Waals surface area contributed by atoms with Gasteiger partial charge in [0.05, 0.1) is 23.5 Å². The molecule has 4 atom stereocenters. The van der Waals surface area contributed by atoms with Crippen molar-refractivity contribution in [3.8, 4) is 0 Å². The molecule has 4 unspecified atom stereocenters. The Kier molecular flexibility index (Phi) is 10.3. The summed E-state index contributed by atoms with van der Waals surface area (Å²) in [6.07, 6.45) is 9.57. The van der Waals surface area contributed by atoms with Gasteiger partial charge in [-0.25, -0.2) is 19.9 Å². The van der Waals surface area contributed by atoms with Gasteiger partial charge < -0.3 is 31.5 Å². The first kappa shape index (κ1) is 27.2. The van der Waals surface area contributed by atoms with E-state index >= 15 is 0 Å². The Morgan fingerprint density at radius 3 is 1.50 bits per heavy atom. The largest absolute Gasteiger partial charge is 0.384 e. The van der Waals surface area contributed by atoms with Crippen LogP contribution < -0.4 is 21.3 Å². The molecular weight excluding hydrogens is 456 g/mol. The molecule has 0 spiro atoms. The lowest BCUT2D eigenvalue weighted by Gasteiger charge is -2.26. The van der Waals surface area contributed by atoms with E-state index in [1.54, 1.807) is 0 Å². The van der Waals surface area contributed by atoms with Crippen LogP contribution in [0.4, 0.5) is 0 Å². The molecule has 2 saturated heterocycles. The van der Waals surface area contributed by atoms with Gasteiger partial charge in [0.25, 0.3) is 0 Å². The summed E-state index contributed by atoms with van der Waals surface area (Å²) in [5.74, 6) is 0.796. The van der Waals surface area contributed by atoms with Crippen molar-refractivity contribution >= 4 is 11.0 Å². The highest BCUT2D eigenvalue weighted by Gasteiger charge is 2.28. The van der Waals surface area contributed by atoms with E-state index in [4.69, 9.17) is 19.9 Å². The summed E-state index contributed by atoms with van der Waals surface area (Å²) in [7, 11) is 3.62. The van der Waals surface area contributed by atoms with E-state index in [0.29, 0.717) is 35.8 Å². The van der Waals surface area contributed by atoms with Crippen LogP contribution in [0.1, 0.15) is 112 Å². The zero-order valence-electron chi connectivity index (χ0n) is 21.9. The van der Waals surface area contributed by atoms with E-state index in [-0.39, 0.29) is 12.1 Å². The van der Waals surface area contributed by atoms with Gasteiger partial charge in [0.1, 0.15) is 23.2 Å². The number of nitrogens with one attached hydrogen (secondary N) is 4. The van der Waals surface area contributed by atoms with Crippen LogP contribution in [0.25, 0.3) is 11.0 Å². The second kappa shape index (κ2) is 13.6. The molecule has 2 aromatic heterocycles. The Balaban J connectivity index is 1.90. The minimum absolute atomic E-state index is 0.0127. The van der Waals surface area contributed by atoms with E-state index in [2.05, 4.69) is 21.3 Å². The van der Waals surface area contributed by atoms with Crippen molar-refractivity contribution in [2.24, 2.45) is 0 Å². The van der Waals surface area contributed by atoms with Crippen LogP contribution in [0, 0.1) is 0 Å². The molecule has 4 rings (SSSR count). The molecule has 2 aromatic rings. The maximum atomic E-state index is 10.9. The van der Waals surface area contributed by atoms with Gasteiger partial charge in [0.15, 0.2) is 11.6 Å². The standard InChI is InChI=1S/C26H44N8O2/c1-27-15-19(35)25-31-21(17-11-7-3-5-9-13-29-17)24-23(33-25)22(18-12-8-4-6-10-14-30-18)32-26(34-24)20(36)16-28-2/h17-20,27-30,35-36H,3-16H2,1-2H3. The van der Waals surface area contributed by atoms with Gasteiger partial charge in [0.2, 0.25) is 0 Å². The first-order valence-electron chi connectivity index (χ1n) is 13.8. The summed E-state index contributed by atoms with van der Waals surface area (Å²) >= 11 is 0. The van der Waals surface area contributed by atoms with Crippen LogP contribution in [0.3, 0.4) is 0 Å². The molecule has 0 bridgehead atoms. The second-order valence-corrected chi connectivity index (χ2v) is 10.2. The lowest BCUT2D eigenvalue weighted by molar-refractivity contribution is 0.166. The summed E-state index contributed by atoms with van der Waals surface area (Å²) < 4.78 is 0. The highest BCUT2D eigenvalue weighted by atomic mass is 16.3. The third-order valence-electron chi connectivity index (χ3n) is 7.30. The predicted octanol–water partition coefficient (Wildman–Crippen LogP) is 2.12. The fraction of sp³-hybridized carbons (Fsp3) is 0.769. The molecule has 2 aliphatic heterocycles. The van der Waals surface area contributed by atoms with Gasteiger partial charge in [-0.1, -0.05) is 38.5 Å². The molecule has 10 heteroatoms. The number of hydrogen-bond acceptors (Lipinski definition) is 10. The number of likely N-dealkylation sites (N-methyl/N-ethyl adjacent to an activating group) is 2. The monoisotopic (exact) mass is 500 g/mol. The molecule has 0 radical (unpaired) electrons. The Labute approximate surface area is 214 Å². The van der Waals surface area contributed by atoms with Gasteiger partial charge in [-0.3, -0.25) is 0 Å². The van der Waals surface area contributed by atoms with Crippen LogP contribution in [0.5, 0.6) is 0 Å². The van der Waals surface area contributed by atoms with Crippen molar-refractivity contribution < 1.29 is 10.2 Å². The molecular formula is C26H44N8O2. The van der Waals surface area contributed by atoms with Crippen molar-refractivity contribution in [2.75, 3.05) is 40.3 Å². The van der Waals surface area contributed by atoms with Gasteiger partial charge in [-0.05, 0) is 52.9 Å². The zero-order chi connectivity index (χ0) is 25.3. The lowest BCUT2D eigenvalue weighted by Crippen LogP contribution is -2.29. The van der Waals surface area contributed by atoms with Gasteiger partial charge in [0, 0.05) is 13.1 Å². The highest BCUT2D eigenvalue weighted by molar-refractivity contribution is 5.80. The van der Waals surface area contributed by atoms with Crippen molar-refractivity contribution in [2.45, 2.75) is 88.5 Å². The first-order valence-corrected chi connectivity index (χ1v) is 13.8. The summed E-state index contributed by atoms with van der Waals surface area (Å²) in [5.41, 5.74) is 2.99. The van der Waals surface area contributed by atoms with Crippen molar-refractivity contribution in [1.29, 1.82) is 0 Å². The lowest BCUT2D eigenvalue weighted by atomic mass is 9.97. The number of aliphatic hydroxyl groups excluding tert-OH is 2. The minimum Gasteiger partial charge on any atom is -0.384 e. The van der Waals surface area contributed by atoms with Crippen LogP contribution in [0.2, 0.25) is 0 Å². The molecule has 6 N–H and O–H groups in total.